The van der Waals surface area contributed by atoms with Gasteiger partial charge in [0, 0.05) is 36.2 Å². The number of anilines is 2. The third kappa shape index (κ3) is 5.31. The molecule has 0 unspecified atom stereocenters. The minimum atomic E-state index is -1.18. The number of nitrogens with zero attached hydrogens (tertiary/aromatic N) is 4. The lowest BCUT2D eigenvalue weighted by Gasteiger charge is -2.39. The van der Waals surface area contributed by atoms with Crippen molar-refractivity contribution in [1.82, 2.24) is 25.1 Å². The van der Waals surface area contributed by atoms with Gasteiger partial charge in [-0.2, -0.15) is 5.10 Å². The van der Waals surface area contributed by atoms with Crippen LogP contribution in [0.4, 0.5) is 20.5 Å². The molecule has 2 fully saturated rings. The van der Waals surface area contributed by atoms with E-state index >= 15 is 4.39 Å². The van der Waals surface area contributed by atoms with Crippen LogP contribution in [0.15, 0.2) is 24.3 Å². The van der Waals surface area contributed by atoms with E-state index < -0.39 is 23.0 Å². The molecule has 3 aromatic rings. The van der Waals surface area contributed by atoms with E-state index in [1.165, 1.54) is 6.07 Å². The molecule has 8 nitrogen and oxygen atoms in total. The van der Waals surface area contributed by atoms with Crippen molar-refractivity contribution < 1.29 is 18.7 Å². The number of aryl methyl sites for hydroxylation is 1. The van der Waals surface area contributed by atoms with Crippen LogP contribution < -0.4 is 5.32 Å². The molecule has 1 aliphatic heterocycles. The van der Waals surface area contributed by atoms with Gasteiger partial charge in [0.15, 0.2) is 11.6 Å². The summed E-state index contributed by atoms with van der Waals surface area (Å²) in [6, 6.07) is 6.65. The topological polar surface area (TPSA) is 107 Å². The van der Waals surface area contributed by atoms with Crippen LogP contribution in [0.5, 0.6) is 0 Å². The van der Waals surface area contributed by atoms with E-state index in [-0.39, 0.29) is 41.8 Å². The average molecular weight is 531 g/mol. The summed E-state index contributed by atoms with van der Waals surface area (Å²) in [6.07, 6.45) is 3.21. The highest BCUT2D eigenvalue weighted by atomic mass is 35.5. The summed E-state index contributed by atoms with van der Waals surface area (Å²) in [5, 5.41) is 20.3. The molecule has 5 rings (SSSR count). The van der Waals surface area contributed by atoms with Crippen LogP contribution in [-0.4, -0.2) is 49.2 Å². The van der Waals surface area contributed by atoms with Crippen LogP contribution in [0.3, 0.4) is 0 Å². The predicted octanol–water partition coefficient (Wildman–Crippen LogP) is 5.36. The number of carboxylic acid groups (broad SMARTS) is 1. The predicted molar refractivity (Wildman–Crippen MR) is 135 cm³/mol. The van der Waals surface area contributed by atoms with E-state index in [0.29, 0.717) is 36.7 Å². The fourth-order valence-corrected chi connectivity index (χ4v) is 5.27. The number of H-pyrrole nitrogens is 1. The van der Waals surface area contributed by atoms with E-state index in [1.807, 2.05) is 11.8 Å². The number of hydrogen-bond acceptors (Lipinski definition) is 6. The first-order valence-corrected chi connectivity index (χ1v) is 12.9. The number of aliphatic carboxylic acids is 1. The molecule has 1 saturated carbocycles. The van der Waals surface area contributed by atoms with E-state index in [9.17, 15) is 14.3 Å². The molecule has 1 aromatic carbocycles. The minimum absolute atomic E-state index is 0.00145. The van der Waals surface area contributed by atoms with Crippen LogP contribution in [-0.2, 0) is 17.8 Å². The molecular weight excluding hydrogens is 502 g/mol. The van der Waals surface area contributed by atoms with Crippen molar-refractivity contribution >= 4 is 29.3 Å². The van der Waals surface area contributed by atoms with Gasteiger partial charge in [-0.1, -0.05) is 30.2 Å². The summed E-state index contributed by atoms with van der Waals surface area (Å²) in [6.45, 7) is 3.04. The highest BCUT2D eigenvalue weighted by Gasteiger charge is 2.43. The van der Waals surface area contributed by atoms with E-state index in [4.69, 9.17) is 11.6 Å². The Morgan fingerprint density at radius 3 is 2.62 bits per heavy atom. The van der Waals surface area contributed by atoms with Gasteiger partial charge in [-0.25, -0.2) is 18.7 Å². The van der Waals surface area contributed by atoms with Crippen molar-refractivity contribution in [3.63, 3.8) is 0 Å². The Balaban J connectivity index is 1.37. The number of hydrogen-bond donors (Lipinski definition) is 3. The zero-order valence-electron chi connectivity index (χ0n) is 20.5. The maximum atomic E-state index is 15.7. The zero-order chi connectivity index (χ0) is 26.2. The molecule has 0 atom stereocenters. The highest BCUT2D eigenvalue weighted by molar-refractivity contribution is 6.30. The Kier molecular flexibility index (Phi) is 7.13. The first-order valence-electron chi connectivity index (χ1n) is 12.5. The molecule has 2 aromatic heterocycles. The Labute approximate surface area is 218 Å². The second-order valence-corrected chi connectivity index (χ2v) is 10.5. The number of rotatable bonds is 8. The lowest BCUT2D eigenvalue weighted by molar-refractivity contribution is -0.152. The summed E-state index contributed by atoms with van der Waals surface area (Å²) >= 11 is 5.91. The van der Waals surface area contributed by atoms with Gasteiger partial charge >= 0.3 is 5.97 Å². The Bertz CT molecular complexity index is 1300. The van der Waals surface area contributed by atoms with Crippen LogP contribution in [0.2, 0.25) is 5.02 Å². The molecule has 0 bridgehead atoms. The average Bonchev–Trinajstić information content (AvgIpc) is 3.24. The standard InChI is InChI=1S/C26H29ClF2N6O2/c1-15-12-20(34-33-15)31-25-30-19(22(29)23(32-25)16-4-2-5-16)13-26(24(36)37)8-10-35(11-9-26)14-17-6-3-7-18(27)21(17)28/h3,6-7,12,16H,2,4-5,8-11,13-14H2,1H3,(H,36,37)(H2,30,31,32,33,34). The molecule has 0 radical (unpaired) electrons. The highest BCUT2D eigenvalue weighted by Crippen LogP contribution is 2.40. The number of halogens is 3. The number of aromatic nitrogens is 4. The van der Waals surface area contributed by atoms with Crippen molar-refractivity contribution in [1.29, 1.82) is 0 Å². The summed E-state index contributed by atoms with van der Waals surface area (Å²) in [7, 11) is 0. The number of carboxylic acids is 1. The third-order valence-corrected chi connectivity index (χ3v) is 7.87. The van der Waals surface area contributed by atoms with E-state index in [1.54, 1.807) is 18.2 Å². The van der Waals surface area contributed by atoms with Crippen molar-refractivity contribution in [3.05, 3.63) is 63.6 Å². The molecule has 0 amide bonds. The van der Waals surface area contributed by atoms with Gasteiger partial charge in [0.25, 0.3) is 0 Å². The van der Waals surface area contributed by atoms with Gasteiger partial charge in [0.05, 0.1) is 21.8 Å². The maximum absolute atomic E-state index is 15.7. The zero-order valence-corrected chi connectivity index (χ0v) is 21.3. The van der Waals surface area contributed by atoms with Gasteiger partial charge < -0.3 is 10.4 Å². The lowest BCUT2D eigenvalue weighted by Crippen LogP contribution is -2.45. The molecule has 2 aliphatic rings. The first kappa shape index (κ1) is 25.5. The molecule has 1 saturated heterocycles. The minimum Gasteiger partial charge on any atom is -0.481 e. The quantitative estimate of drug-likeness (QED) is 0.360. The lowest BCUT2D eigenvalue weighted by atomic mass is 9.74. The number of likely N-dealkylation sites (tertiary alicyclic amines) is 1. The fraction of sp³-hybridized carbons (Fsp3) is 0.462. The third-order valence-electron chi connectivity index (χ3n) is 7.58. The molecular formula is C26H29ClF2N6O2. The molecule has 3 N–H and O–H groups in total. The number of aromatic amines is 1. The molecule has 11 heteroatoms. The fourth-order valence-electron chi connectivity index (χ4n) is 5.07. The Hall–Kier alpha value is -3.11. The number of piperidine rings is 1. The van der Waals surface area contributed by atoms with E-state index in [0.717, 1.165) is 25.0 Å². The van der Waals surface area contributed by atoms with Gasteiger partial charge in [-0.05, 0) is 51.8 Å². The smallest absolute Gasteiger partial charge is 0.310 e. The molecule has 3 heterocycles. The van der Waals surface area contributed by atoms with Crippen LogP contribution in [0, 0.1) is 24.0 Å². The van der Waals surface area contributed by atoms with Gasteiger partial charge in [0.1, 0.15) is 5.82 Å². The molecule has 196 valence electrons. The SMILES string of the molecule is Cc1cc(Nc2nc(CC3(C(=O)O)CCN(Cc4cccc(Cl)c4F)CC3)c(F)c(C3CCC3)n2)n[nH]1. The maximum Gasteiger partial charge on any atom is 0.310 e. The summed E-state index contributed by atoms with van der Waals surface area (Å²) in [4.78, 5) is 23.4. The van der Waals surface area contributed by atoms with Crippen molar-refractivity contribution in [2.45, 2.75) is 57.9 Å². The van der Waals surface area contributed by atoms with Gasteiger partial charge in [-0.3, -0.25) is 14.8 Å². The first-order chi connectivity index (χ1) is 17.7. The van der Waals surface area contributed by atoms with Crippen molar-refractivity contribution in [2.75, 3.05) is 18.4 Å². The monoisotopic (exact) mass is 530 g/mol. The van der Waals surface area contributed by atoms with Gasteiger partial charge in [0.2, 0.25) is 5.95 Å². The Morgan fingerprint density at radius 1 is 1.24 bits per heavy atom. The van der Waals surface area contributed by atoms with Crippen molar-refractivity contribution in [2.24, 2.45) is 5.41 Å². The summed E-state index contributed by atoms with van der Waals surface area (Å²) in [5.41, 5.74) is 0.559. The van der Waals surface area contributed by atoms with Crippen LogP contribution in [0.25, 0.3) is 0 Å². The molecule has 0 spiro atoms. The number of carbonyl (C=O) groups is 1. The molecule has 37 heavy (non-hydrogen) atoms. The van der Waals surface area contributed by atoms with E-state index in [2.05, 4.69) is 25.5 Å². The van der Waals surface area contributed by atoms with Gasteiger partial charge in [-0.15, -0.1) is 0 Å². The largest absolute Gasteiger partial charge is 0.481 e. The normalized spacial score (nSPS) is 17.9. The van der Waals surface area contributed by atoms with Crippen LogP contribution in [0.1, 0.15) is 60.7 Å². The second kappa shape index (κ2) is 10.3. The number of benzene rings is 1. The summed E-state index contributed by atoms with van der Waals surface area (Å²) < 4.78 is 30.0. The molecule has 1 aliphatic carbocycles. The second-order valence-electron chi connectivity index (χ2n) is 10.1. The van der Waals surface area contributed by atoms with Crippen molar-refractivity contribution in [3.8, 4) is 0 Å². The number of nitrogens with one attached hydrogen (secondary N) is 2. The Morgan fingerprint density at radius 2 is 2.00 bits per heavy atom. The summed E-state index contributed by atoms with van der Waals surface area (Å²) in [5.74, 6) is -1.25. The van der Waals surface area contributed by atoms with Crippen LogP contribution >= 0.6 is 11.6 Å².